The van der Waals surface area contributed by atoms with E-state index < -0.39 is 0 Å². The summed E-state index contributed by atoms with van der Waals surface area (Å²) in [5, 5.41) is 8.51. The Morgan fingerprint density at radius 1 is 1.31 bits per heavy atom. The molecule has 0 aliphatic rings. The van der Waals surface area contributed by atoms with Gasteiger partial charge in [-0.25, -0.2) is 0 Å². The number of aliphatic hydroxyl groups excluding tert-OH is 1. The van der Waals surface area contributed by atoms with Crippen molar-refractivity contribution in [3.8, 4) is 0 Å². The van der Waals surface area contributed by atoms with E-state index in [-0.39, 0.29) is 0 Å². The molecule has 0 aromatic rings. The first-order valence-electron chi connectivity index (χ1n) is 4.57. The lowest BCUT2D eigenvalue weighted by Crippen LogP contribution is -1.72. The Labute approximate surface area is 90.0 Å². The van der Waals surface area contributed by atoms with Crippen molar-refractivity contribution in [3.63, 3.8) is 0 Å². The molecule has 0 fully saturated rings. The predicted molar refractivity (Wildman–Crippen MR) is 64.2 cm³/mol. The second kappa shape index (κ2) is 11.5. The lowest BCUT2D eigenvalue weighted by molar-refractivity contribution is 0.473. The average molecular weight is 247 g/mol. The molecule has 76 valence electrons. The quantitative estimate of drug-likeness (QED) is 0.565. The van der Waals surface area contributed by atoms with E-state index in [1.165, 1.54) is 5.57 Å². The van der Waals surface area contributed by atoms with Gasteiger partial charge >= 0.3 is 0 Å². The van der Waals surface area contributed by atoms with E-state index in [4.69, 9.17) is 5.11 Å². The Balaban J connectivity index is 0. The molecule has 0 unspecified atom stereocenters. The maximum absolute atomic E-state index is 8.51. The van der Waals surface area contributed by atoms with Crippen LogP contribution in [0.3, 0.4) is 0 Å². The predicted octanol–water partition coefficient (Wildman–Crippen LogP) is 4.72. The summed E-state index contributed by atoms with van der Waals surface area (Å²) in [7, 11) is 0. The monoisotopic (exact) mass is 246 g/mol. The van der Waals surface area contributed by atoms with Gasteiger partial charge in [-0.3, -0.25) is 0 Å². The summed E-state index contributed by atoms with van der Waals surface area (Å²) in [5.74, 6) is 0. The van der Waals surface area contributed by atoms with Gasteiger partial charge in [-0.2, -0.15) is 0 Å². The number of allylic oxidation sites excluding steroid dienone is 5. The number of rotatable bonds is 3. The Morgan fingerprint density at radius 3 is 2.15 bits per heavy atom. The molecule has 0 heterocycles. The van der Waals surface area contributed by atoms with Crippen LogP contribution in [0.25, 0.3) is 0 Å². The summed E-state index contributed by atoms with van der Waals surface area (Å²) in [4.78, 5) is 0. The molecule has 0 aliphatic carbocycles. The van der Waals surface area contributed by atoms with Crippen LogP contribution >= 0.6 is 15.9 Å². The van der Waals surface area contributed by atoms with Gasteiger partial charge in [-0.1, -0.05) is 38.5 Å². The molecule has 0 aromatic carbocycles. The molecule has 0 bridgehead atoms. The second-order valence-corrected chi connectivity index (χ2v) is 2.98. The number of halogens is 1. The van der Waals surface area contributed by atoms with Crippen molar-refractivity contribution < 1.29 is 5.11 Å². The summed E-state index contributed by atoms with van der Waals surface area (Å²) >= 11 is 3.16. The molecule has 0 radical (unpaired) electrons. The van der Waals surface area contributed by atoms with Gasteiger partial charge in [0, 0.05) is 0 Å². The largest absolute Gasteiger partial charge is 0.514 e. The van der Waals surface area contributed by atoms with Crippen LogP contribution < -0.4 is 0 Å². The fourth-order valence-corrected chi connectivity index (χ4v) is 0.780. The molecule has 1 N–H and O–H groups in total. The van der Waals surface area contributed by atoms with Crippen molar-refractivity contribution in [2.75, 3.05) is 0 Å². The maximum atomic E-state index is 8.51. The zero-order valence-corrected chi connectivity index (χ0v) is 10.4. The number of hydrogen-bond acceptors (Lipinski definition) is 1. The molecule has 2 heteroatoms. The molecule has 0 atom stereocenters. The van der Waals surface area contributed by atoms with Gasteiger partial charge in [-0.15, -0.1) is 0 Å². The molecule has 0 aromatic heterocycles. The molecule has 0 aliphatic heterocycles. The van der Waals surface area contributed by atoms with Crippen molar-refractivity contribution in [1.29, 1.82) is 0 Å². The van der Waals surface area contributed by atoms with Crippen LogP contribution in [0, 0.1) is 0 Å². The highest BCUT2D eigenvalue weighted by molar-refractivity contribution is 9.11. The lowest BCUT2D eigenvalue weighted by Gasteiger charge is -1.92. The van der Waals surface area contributed by atoms with Crippen molar-refractivity contribution in [2.45, 2.75) is 34.1 Å². The molecule has 0 saturated carbocycles. The smallest absolute Gasteiger partial charge is 0.0933 e. The third kappa shape index (κ3) is 9.41. The van der Waals surface area contributed by atoms with Gasteiger partial charge in [0.05, 0.1) is 10.7 Å². The van der Waals surface area contributed by atoms with Crippen LogP contribution in [0.2, 0.25) is 0 Å². The minimum atomic E-state index is 0.685. The molecular weight excluding hydrogens is 228 g/mol. The normalized spacial score (nSPS) is 12.7. The molecule has 0 amide bonds. The zero-order valence-electron chi connectivity index (χ0n) is 8.84. The molecule has 0 rings (SSSR count). The standard InChI is InChI=1S/C9H13BrO.C2H6/c1-3-8(4-2)5-6-9(10)7-11;1-2/h3,5-7,11H,4H2,1-2H3;1-2H3/b6-5-,8-3-,9-7-;. The number of aliphatic hydroxyl groups is 1. The van der Waals surface area contributed by atoms with Crippen LogP contribution in [0.5, 0.6) is 0 Å². The molecular formula is C11H19BrO. The van der Waals surface area contributed by atoms with E-state index in [9.17, 15) is 0 Å². The Kier molecular flexibility index (Phi) is 13.3. The summed E-state index contributed by atoms with van der Waals surface area (Å²) in [6.45, 7) is 8.09. The first-order chi connectivity index (χ1) is 6.24. The fraction of sp³-hybridized carbons (Fsp3) is 0.455. The van der Waals surface area contributed by atoms with Crippen LogP contribution in [0.4, 0.5) is 0 Å². The fourth-order valence-electron chi connectivity index (χ4n) is 0.648. The van der Waals surface area contributed by atoms with E-state index in [1.807, 2.05) is 39.0 Å². The second-order valence-electron chi connectivity index (χ2n) is 2.06. The first kappa shape index (κ1) is 15.0. The molecule has 1 nitrogen and oxygen atoms in total. The van der Waals surface area contributed by atoms with Crippen molar-refractivity contribution in [2.24, 2.45) is 0 Å². The van der Waals surface area contributed by atoms with Crippen molar-refractivity contribution in [1.82, 2.24) is 0 Å². The van der Waals surface area contributed by atoms with Gasteiger partial charge in [0.25, 0.3) is 0 Å². The number of hydrogen-bond donors (Lipinski definition) is 1. The highest BCUT2D eigenvalue weighted by Gasteiger charge is 1.85. The van der Waals surface area contributed by atoms with Crippen LogP contribution in [-0.2, 0) is 0 Å². The van der Waals surface area contributed by atoms with E-state index in [1.54, 1.807) is 0 Å². The van der Waals surface area contributed by atoms with E-state index in [2.05, 4.69) is 22.9 Å². The average Bonchev–Trinajstić information content (AvgIpc) is 2.22. The Morgan fingerprint density at radius 2 is 1.85 bits per heavy atom. The van der Waals surface area contributed by atoms with Gasteiger partial charge in [0.1, 0.15) is 0 Å². The highest BCUT2D eigenvalue weighted by atomic mass is 79.9. The SMILES string of the molecule is CC.C\C=C(/C=C\C(Br)=C\O)CC. The third-order valence-corrected chi connectivity index (χ3v) is 1.83. The van der Waals surface area contributed by atoms with Gasteiger partial charge in [0.15, 0.2) is 0 Å². The summed E-state index contributed by atoms with van der Waals surface area (Å²) in [6.07, 6.45) is 7.88. The van der Waals surface area contributed by atoms with E-state index in [0.717, 1.165) is 12.7 Å². The maximum Gasteiger partial charge on any atom is 0.0933 e. The molecule has 0 spiro atoms. The summed E-state index contributed by atoms with van der Waals surface area (Å²) in [5.41, 5.74) is 1.25. The lowest BCUT2D eigenvalue weighted by atomic mass is 10.2. The first-order valence-corrected chi connectivity index (χ1v) is 5.37. The van der Waals surface area contributed by atoms with Gasteiger partial charge < -0.3 is 5.11 Å². The summed E-state index contributed by atoms with van der Waals surface area (Å²) < 4.78 is 0.685. The Hall–Kier alpha value is -0.500. The minimum Gasteiger partial charge on any atom is -0.514 e. The van der Waals surface area contributed by atoms with Gasteiger partial charge in [-0.05, 0) is 35.4 Å². The van der Waals surface area contributed by atoms with Crippen molar-refractivity contribution in [3.05, 3.63) is 34.5 Å². The van der Waals surface area contributed by atoms with Gasteiger partial charge in [0.2, 0.25) is 0 Å². The highest BCUT2D eigenvalue weighted by Crippen LogP contribution is 2.09. The zero-order chi connectivity index (χ0) is 10.7. The van der Waals surface area contributed by atoms with E-state index >= 15 is 0 Å². The third-order valence-electron chi connectivity index (χ3n) is 1.36. The molecule has 13 heavy (non-hydrogen) atoms. The molecule has 0 saturated heterocycles. The van der Waals surface area contributed by atoms with Crippen LogP contribution in [0.1, 0.15) is 34.1 Å². The van der Waals surface area contributed by atoms with Crippen molar-refractivity contribution >= 4 is 15.9 Å². The van der Waals surface area contributed by atoms with E-state index in [0.29, 0.717) is 4.48 Å². The topological polar surface area (TPSA) is 20.2 Å². The minimum absolute atomic E-state index is 0.685. The Bertz CT molecular complexity index is 190. The van der Waals surface area contributed by atoms with Crippen LogP contribution in [-0.4, -0.2) is 5.11 Å². The summed E-state index contributed by atoms with van der Waals surface area (Å²) in [6, 6.07) is 0. The van der Waals surface area contributed by atoms with Crippen LogP contribution in [0.15, 0.2) is 34.5 Å².